The van der Waals surface area contributed by atoms with E-state index in [1.165, 1.54) is 17.8 Å². The van der Waals surface area contributed by atoms with Crippen LogP contribution >= 0.6 is 0 Å². The Kier molecular flexibility index (Phi) is 6.60. The summed E-state index contributed by atoms with van der Waals surface area (Å²) in [5.74, 6) is 0.426. The van der Waals surface area contributed by atoms with Gasteiger partial charge in [-0.1, -0.05) is 18.2 Å². The van der Waals surface area contributed by atoms with Crippen LogP contribution in [0.4, 0.5) is 0 Å². The number of hydrogen-bond acceptors (Lipinski definition) is 7. The Bertz CT molecular complexity index is 1790. The highest BCUT2D eigenvalue weighted by Gasteiger charge is 2.44. The van der Waals surface area contributed by atoms with Gasteiger partial charge in [-0.2, -0.15) is 0 Å². The predicted octanol–water partition coefficient (Wildman–Crippen LogP) is 5.91. The van der Waals surface area contributed by atoms with E-state index >= 15 is 0 Å². The molecule has 2 aromatic heterocycles. The summed E-state index contributed by atoms with van der Waals surface area (Å²) in [4.78, 5) is 49.2. The minimum absolute atomic E-state index is 0.0321. The molecule has 1 saturated heterocycles. The molecule has 0 unspecified atom stereocenters. The van der Waals surface area contributed by atoms with Crippen molar-refractivity contribution >= 4 is 28.6 Å². The normalized spacial score (nSPS) is 17.4. The molecular formula is C34H31N3O6. The van der Waals surface area contributed by atoms with Gasteiger partial charge in [0.1, 0.15) is 22.8 Å². The molecule has 3 aliphatic rings. The van der Waals surface area contributed by atoms with Gasteiger partial charge in [-0.05, 0) is 61.1 Å². The molecule has 0 bridgehead atoms. The van der Waals surface area contributed by atoms with Gasteiger partial charge in [0.25, 0.3) is 5.91 Å². The highest BCUT2D eigenvalue weighted by Crippen LogP contribution is 2.44. The Labute approximate surface area is 248 Å². The lowest BCUT2D eigenvalue weighted by Gasteiger charge is -2.44. The topological polar surface area (TPSA) is 119 Å². The van der Waals surface area contributed by atoms with E-state index in [2.05, 4.69) is 11.1 Å². The summed E-state index contributed by atoms with van der Waals surface area (Å²) in [6.07, 6.45) is 6.39. The third-order valence-corrected chi connectivity index (χ3v) is 8.74. The first kappa shape index (κ1) is 27.1. The lowest BCUT2D eigenvalue weighted by Crippen LogP contribution is -2.52. The second-order valence-electron chi connectivity index (χ2n) is 11.6. The van der Waals surface area contributed by atoms with Crippen LogP contribution in [-0.4, -0.2) is 62.9 Å². The van der Waals surface area contributed by atoms with Crippen molar-refractivity contribution in [1.82, 2.24) is 14.9 Å². The summed E-state index contributed by atoms with van der Waals surface area (Å²) >= 11 is 0. The maximum absolute atomic E-state index is 13.7. The molecule has 9 heteroatoms. The number of carboxylic acid groups (broad SMARTS) is 1. The maximum Gasteiger partial charge on any atom is 0.337 e. The van der Waals surface area contributed by atoms with Crippen molar-refractivity contribution in [2.75, 3.05) is 19.7 Å². The van der Waals surface area contributed by atoms with Crippen molar-refractivity contribution < 1.29 is 29.0 Å². The van der Waals surface area contributed by atoms with E-state index in [1.54, 1.807) is 29.3 Å². The van der Waals surface area contributed by atoms with Crippen LogP contribution in [0, 0.1) is 0 Å². The number of rotatable bonds is 6. The van der Waals surface area contributed by atoms with E-state index in [0.717, 1.165) is 23.7 Å². The Morgan fingerprint density at radius 2 is 1.88 bits per heavy atom. The third-order valence-electron chi connectivity index (χ3n) is 8.74. The first-order chi connectivity index (χ1) is 20.8. The molecule has 4 aromatic rings. The summed E-state index contributed by atoms with van der Waals surface area (Å²) in [5.41, 5.74) is 3.57. The average molecular weight is 578 g/mol. The van der Waals surface area contributed by atoms with Crippen LogP contribution in [0.25, 0.3) is 22.0 Å². The third kappa shape index (κ3) is 4.98. The maximum atomic E-state index is 13.7. The van der Waals surface area contributed by atoms with E-state index in [1.807, 2.05) is 25.1 Å². The van der Waals surface area contributed by atoms with Crippen molar-refractivity contribution in [3.8, 4) is 22.6 Å². The van der Waals surface area contributed by atoms with Crippen molar-refractivity contribution in [2.24, 2.45) is 0 Å². The van der Waals surface area contributed by atoms with E-state index in [0.29, 0.717) is 72.3 Å². The number of para-hydroxylation sites is 1. The zero-order chi connectivity index (χ0) is 29.7. The highest BCUT2D eigenvalue weighted by molar-refractivity contribution is 6.02. The lowest BCUT2D eigenvalue weighted by atomic mass is 9.82. The SMILES string of the molecule is CCOc1cc(C(=O)N2CCC3(CC2)CC(=O)c2cc(-c4cncc(C(=O)O)c4)ccc2O3)nc2c(C3CC3)cccc12. The van der Waals surface area contributed by atoms with Gasteiger partial charge >= 0.3 is 5.97 Å². The summed E-state index contributed by atoms with van der Waals surface area (Å²) in [6.45, 7) is 3.32. The van der Waals surface area contributed by atoms with Crippen molar-refractivity contribution in [3.05, 3.63) is 83.3 Å². The Hall–Kier alpha value is -4.79. The molecule has 2 aromatic carbocycles. The summed E-state index contributed by atoms with van der Waals surface area (Å²) in [6, 6.07) is 14.7. The zero-order valence-corrected chi connectivity index (χ0v) is 23.8. The summed E-state index contributed by atoms with van der Waals surface area (Å²) in [7, 11) is 0. The van der Waals surface area contributed by atoms with Crippen LogP contribution < -0.4 is 9.47 Å². The van der Waals surface area contributed by atoms with Gasteiger partial charge in [-0.3, -0.25) is 14.6 Å². The van der Waals surface area contributed by atoms with Crippen molar-refractivity contribution in [3.63, 3.8) is 0 Å². The minimum Gasteiger partial charge on any atom is -0.493 e. The van der Waals surface area contributed by atoms with Crippen LogP contribution in [-0.2, 0) is 0 Å². The van der Waals surface area contributed by atoms with Gasteiger partial charge in [0.05, 0.1) is 29.7 Å². The van der Waals surface area contributed by atoms with E-state index in [4.69, 9.17) is 14.5 Å². The molecule has 218 valence electrons. The van der Waals surface area contributed by atoms with Gasteiger partial charge in [-0.15, -0.1) is 0 Å². The van der Waals surface area contributed by atoms with Gasteiger partial charge in [0.15, 0.2) is 5.78 Å². The number of hydrogen-bond donors (Lipinski definition) is 1. The molecule has 4 heterocycles. The van der Waals surface area contributed by atoms with E-state index in [-0.39, 0.29) is 23.7 Å². The highest BCUT2D eigenvalue weighted by atomic mass is 16.5. The number of aromatic carboxylic acids is 1. The Balaban J connectivity index is 1.10. The van der Waals surface area contributed by atoms with E-state index in [9.17, 15) is 19.5 Å². The predicted molar refractivity (Wildman–Crippen MR) is 159 cm³/mol. The van der Waals surface area contributed by atoms with Gasteiger partial charge in [0, 0.05) is 55.3 Å². The number of Topliss-reactive ketones (excluding diaryl/α,β-unsaturated/α-hetero) is 1. The molecule has 1 aliphatic carbocycles. The number of carboxylic acids is 1. The number of aromatic nitrogens is 2. The molecule has 9 nitrogen and oxygen atoms in total. The molecule has 2 fully saturated rings. The smallest absolute Gasteiger partial charge is 0.337 e. The standard InChI is InChI=1S/C34H31N3O6/c1-2-42-30-16-27(36-31-24(20-6-7-20)4-3-5-25(30)31)32(39)37-12-10-34(11-13-37)17-28(38)26-15-21(8-9-29(26)43-34)22-14-23(33(40)41)19-35-18-22/h3-5,8-9,14-16,18-20H,2,6-7,10-13,17H2,1H3,(H,40,41). The second-order valence-corrected chi connectivity index (χ2v) is 11.6. The largest absolute Gasteiger partial charge is 0.493 e. The molecule has 43 heavy (non-hydrogen) atoms. The number of benzene rings is 2. The zero-order valence-electron chi connectivity index (χ0n) is 23.8. The molecule has 7 rings (SSSR count). The fourth-order valence-electron chi connectivity index (χ4n) is 6.29. The fraction of sp³-hybridized carbons (Fsp3) is 0.324. The van der Waals surface area contributed by atoms with Gasteiger partial charge in [0.2, 0.25) is 0 Å². The minimum atomic E-state index is -1.06. The number of likely N-dealkylation sites (tertiary alicyclic amines) is 1. The van der Waals surface area contributed by atoms with Gasteiger partial charge in [-0.25, -0.2) is 9.78 Å². The Morgan fingerprint density at radius 1 is 1.07 bits per heavy atom. The van der Waals surface area contributed by atoms with Crippen LogP contribution in [0.3, 0.4) is 0 Å². The number of carbonyl (C=O) groups is 3. The number of fused-ring (bicyclic) bond motifs is 2. The molecule has 1 spiro atoms. The average Bonchev–Trinajstić information content (AvgIpc) is 3.86. The van der Waals surface area contributed by atoms with Crippen LogP contribution in [0.15, 0.2) is 60.9 Å². The van der Waals surface area contributed by atoms with Crippen molar-refractivity contribution in [2.45, 2.75) is 50.5 Å². The number of carbonyl (C=O) groups excluding carboxylic acids is 2. The number of ether oxygens (including phenoxy) is 2. The molecule has 1 N–H and O–H groups in total. The fourth-order valence-corrected chi connectivity index (χ4v) is 6.29. The number of nitrogens with zero attached hydrogens (tertiary/aromatic N) is 3. The molecule has 1 amide bonds. The number of ketones is 1. The summed E-state index contributed by atoms with van der Waals surface area (Å²) < 4.78 is 12.4. The Morgan fingerprint density at radius 3 is 2.63 bits per heavy atom. The molecule has 0 atom stereocenters. The number of amides is 1. The number of pyridine rings is 2. The number of piperidine rings is 1. The quantitative estimate of drug-likeness (QED) is 0.300. The van der Waals surface area contributed by atoms with Crippen LogP contribution in [0.5, 0.6) is 11.5 Å². The first-order valence-corrected chi connectivity index (χ1v) is 14.7. The lowest BCUT2D eigenvalue weighted by molar-refractivity contribution is -0.00585. The molecule has 2 aliphatic heterocycles. The molecule has 1 saturated carbocycles. The van der Waals surface area contributed by atoms with E-state index < -0.39 is 11.6 Å². The first-order valence-electron chi connectivity index (χ1n) is 14.7. The summed E-state index contributed by atoms with van der Waals surface area (Å²) in [5, 5.41) is 10.2. The molecular weight excluding hydrogens is 546 g/mol. The monoisotopic (exact) mass is 577 g/mol. The van der Waals surface area contributed by atoms with Crippen molar-refractivity contribution in [1.29, 1.82) is 0 Å². The molecule has 0 radical (unpaired) electrons. The van der Waals surface area contributed by atoms with Crippen LogP contribution in [0.1, 0.15) is 81.7 Å². The van der Waals surface area contributed by atoms with Gasteiger partial charge < -0.3 is 19.5 Å². The van der Waals surface area contributed by atoms with Crippen LogP contribution in [0.2, 0.25) is 0 Å². The second kappa shape index (κ2) is 10.5.